The van der Waals surface area contributed by atoms with Gasteiger partial charge in [-0.3, -0.25) is 0 Å². The maximum Gasteiger partial charge on any atom is 0.124 e. The molecule has 2 aliphatic rings. The second-order valence-corrected chi connectivity index (χ2v) is 6.14. The van der Waals surface area contributed by atoms with Gasteiger partial charge in [0, 0.05) is 24.6 Å². The highest BCUT2D eigenvalue weighted by atomic mass is 16.5. The molecule has 1 unspecified atom stereocenters. The summed E-state index contributed by atoms with van der Waals surface area (Å²) in [6, 6.07) is 6.49. The van der Waals surface area contributed by atoms with Crippen LogP contribution < -0.4 is 14.8 Å². The Labute approximate surface area is 115 Å². The minimum atomic E-state index is 0.399. The highest BCUT2D eigenvalue weighted by Gasteiger charge is 2.33. The summed E-state index contributed by atoms with van der Waals surface area (Å²) in [6.07, 6.45) is 5.13. The largest absolute Gasteiger partial charge is 0.497 e. The van der Waals surface area contributed by atoms with Crippen molar-refractivity contribution >= 4 is 0 Å². The quantitative estimate of drug-likeness (QED) is 0.902. The molecule has 1 heterocycles. The maximum absolute atomic E-state index is 5.73. The predicted octanol–water partition coefficient (Wildman–Crippen LogP) is 3.30. The minimum Gasteiger partial charge on any atom is -0.497 e. The Bertz CT molecular complexity index is 454. The lowest BCUT2D eigenvalue weighted by atomic mass is 9.70. The standard InChI is InChI=1S/C16H23NO2/c1-16(7-3-8-16)11-17-14-6-9-19-15-5-4-12(18-2)10-13(14)15/h4-5,10,14,17H,3,6-9,11H2,1-2H3. The van der Waals surface area contributed by atoms with Crippen molar-refractivity contribution in [2.75, 3.05) is 20.3 Å². The first-order chi connectivity index (χ1) is 9.20. The topological polar surface area (TPSA) is 30.5 Å². The summed E-state index contributed by atoms with van der Waals surface area (Å²) < 4.78 is 11.1. The van der Waals surface area contributed by atoms with Gasteiger partial charge in [0.1, 0.15) is 11.5 Å². The Balaban J connectivity index is 1.73. The lowest BCUT2D eigenvalue weighted by Gasteiger charge is -2.40. The van der Waals surface area contributed by atoms with Crippen molar-refractivity contribution < 1.29 is 9.47 Å². The molecule has 1 aliphatic carbocycles. The summed E-state index contributed by atoms with van der Waals surface area (Å²) in [5, 5.41) is 3.74. The van der Waals surface area contributed by atoms with Gasteiger partial charge >= 0.3 is 0 Å². The van der Waals surface area contributed by atoms with Crippen LogP contribution in [0.5, 0.6) is 11.5 Å². The molecule has 3 nitrogen and oxygen atoms in total. The molecule has 0 aromatic heterocycles. The summed E-state index contributed by atoms with van der Waals surface area (Å²) in [5.41, 5.74) is 1.76. The Hall–Kier alpha value is -1.22. The molecule has 1 saturated carbocycles. The first kappa shape index (κ1) is 12.8. The molecule has 0 radical (unpaired) electrons. The van der Waals surface area contributed by atoms with E-state index in [2.05, 4.69) is 18.3 Å². The van der Waals surface area contributed by atoms with Crippen LogP contribution in [0.25, 0.3) is 0 Å². The molecular formula is C16H23NO2. The molecule has 1 aromatic rings. The Morgan fingerprint density at radius 3 is 2.95 bits per heavy atom. The third-order valence-corrected chi connectivity index (χ3v) is 4.59. The van der Waals surface area contributed by atoms with Gasteiger partial charge in [-0.2, -0.15) is 0 Å². The predicted molar refractivity (Wildman–Crippen MR) is 75.8 cm³/mol. The van der Waals surface area contributed by atoms with E-state index in [-0.39, 0.29) is 0 Å². The van der Waals surface area contributed by atoms with Crippen LogP contribution in [0, 0.1) is 5.41 Å². The van der Waals surface area contributed by atoms with Crippen molar-refractivity contribution in [2.45, 2.75) is 38.6 Å². The number of ether oxygens (including phenoxy) is 2. The number of rotatable bonds is 4. The average molecular weight is 261 g/mol. The van der Waals surface area contributed by atoms with Crippen LogP contribution in [0.2, 0.25) is 0 Å². The van der Waals surface area contributed by atoms with Crippen LogP contribution in [0.3, 0.4) is 0 Å². The van der Waals surface area contributed by atoms with E-state index in [4.69, 9.17) is 9.47 Å². The van der Waals surface area contributed by atoms with Gasteiger partial charge in [-0.1, -0.05) is 13.3 Å². The molecule has 3 rings (SSSR count). The maximum atomic E-state index is 5.73. The Morgan fingerprint density at radius 1 is 1.42 bits per heavy atom. The van der Waals surface area contributed by atoms with Crippen LogP contribution in [0.4, 0.5) is 0 Å². The van der Waals surface area contributed by atoms with Gasteiger partial charge in [-0.15, -0.1) is 0 Å². The van der Waals surface area contributed by atoms with E-state index in [1.165, 1.54) is 24.8 Å². The van der Waals surface area contributed by atoms with E-state index in [9.17, 15) is 0 Å². The van der Waals surface area contributed by atoms with Gasteiger partial charge in [0.2, 0.25) is 0 Å². The highest BCUT2D eigenvalue weighted by molar-refractivity contribution is 5.43. The van der Waals surface area contributed by atoms with Crippen molar-refractivity contribution in [2.24, 2.45) is 5.41 Å². The monoisotopic (exact) mass is 261 g/mol. The summed E-state index contributed by atoms with van der Waals surface area (Å²) in [4.78, 5) is 0. The molecule has 0 amide bonds. The van der Waals surface area contributed by atoms with E-state index in [0.29, 0.717) is 11.5 Å². The number of benzene rings is 1. The molecule has 1 aromatic carbocycles. The molecule has 0 saturated heterocycles. The second kappa shape index (κ2) is 5.04. The zero-order valence-electron chi connectivity index (χ0n) is 11.9. The molecule has 104 valence electrons. The lowest BCUT2D eigenvalue weighted by molar-refractivity contribution is 0.143. The summed E-state index contributed by atoms with van der Waals surface area (Å²) in [7, 11) is 1.71. The number of hydrogen-bond donors (Lipinski definition) is 1. The average Bonchev–Trinajstić information content (AvgIpc) is 2.42. The molecule has 1 aliphatic heterocycles. The number of nitrogens with one attached hydrogen (secondary N) is 1. The van der Waals surface area contributed by atoms with E-state index >= 15 is 0 Å². The van der Waals surface area contributed by atoms with Crippen molar-refractivity contribution in [3.05, 3.63) is 23.8 Å². The fourth-order valence-corrected chi connectivity index (χ4v) is 3.04. The van der Waals surface area contributed by atoms with Gasteiger partial charge in [0.15, 0.2) is 0 Å². The molecule has 1 fully saturated rings. The van der Waals surface area contributed by atoms with E-state index in [0.717, 1.165) is 31.1 Å². The fraction of sp³-hybridized carbons (Fsp3) is 0.625. The van der Waals surface area contributed by atoms with Crippen LogP contribution >= 0.6 is 0 Å². The smallest absolute Gasteiger partial charge is 0.124 e. The van der Waals surface area contributed by atoms with Crippen molar-refractivity contribution in [1.82, 2.24) is 5.32 Å². The number of methoxy groups -OCH3 is 1. The van der Waals surface area contributed by atoms with Crippen LogP contribution in [-0.2, 0) is 0 Å². The van der Waals surface area contributed by atoms with Gasteiger partial charge in [-0.05, 0) is 36.5 Å². The van der Waals surface area contributed by atoms with Crippen LogP contribution in [0.15, 0.2) is 18.2 Å². The number of hydrogen-bond acceptors (Lipinski definition) is 3. The molecule has 19 heavy (non-hydrogen) atoms. The third-order valence-electron chi connectivity index (χ3n) is 4.59. The second-order valence-electron chi connectivity index (χ2n) is 6.14. The van der Waals surface area contributed by atoms with Crippen LogP contribution in [0.1, 0.15) is 44.2 Å². The molecular weight excluding hydrogens is 238 g/mol. The van der Waals surface area contributed by atoms with E-state index in [1.807, 2.05) is 12.1 Å². The third kappa shape index (κ3) is 2.57. The Kier molecular flexibility index (Phi) is 3.40. The summed E-state index contributed by atoms with van der Waals surface area (Å²) in [5.74, 6) is 1.91. The number of fused-ring (bicyclic) bond motifs is 1. The molecule has 1 N–H and O–H groups in total. The van der Waals surface area contributed by atoms with E-state index < -0.39 is 0 Å². The van der Waals surface area contributed by atoms with Crippen molar-refractivity contribution in [3.8, 4) is 11.5 Å². The molecule has 1 atom stereocenters. The van der Waals surface area contributed by atoms with Crippen molar-refractivity contribution in [1.29, 1.82) is 0 Å². The lowest BCUT2D eigenvalue weighted by Crippen LogP contribution is -2.40. The highest BCUT2D eigenvalue weighted by Crippen LogP contribution is 2.41. The summed E-state index contributed by atoms with van der Waals surface area (Å²) >= 11 is 0. The van der Waals surface area contributed by atoms with Gasteiger partial charge < -0.3 is 14.8 Å². The zero-order chi connectivity index (χ0) is 13.3. The minimum absolute atomic E-state index is 0.399. The van der Waals surface area contributed by atoms with Gasteiger partial charge in [-0.25, -0.2) is 0 Å². The first-order valence-electron chi connectivity index (χ1n) is 7.24. The molecule has 3 heteroatoms. The Morgan fingerprint density at radius 2 is 2.26 bits per heavy atom. The molecule has 0 spiro atoms. The van der Waals surface area contributed by atoms with Gasteiger partial charge in [0.25, 0.3) is 0 Å². The van der Waals surface area contributed by atoms with E-state index in [1.54, 1.807) is 7.11 Å². The zero-order valence-corrected chi connectivity index (χ0v) is 11.9. The SMILES string of the molecule is COc1ccc2c(c1)C(NCC1(C)CCC1)CCO2. The van der Waals surface area contributed by atoms with Crippen LogP contribution in [-0.4, -0.2) is 20.3 Å². The normalized spacial score (nSPS) is 24.0. The summed E-state index contributed by atoms with van der Waals surface area (Å²) in [6.45, 7) is 4.29. The molecule has 0 bridgehead atoms. The fourth-order valence-electron chi connectivity index (χ4n) is 3.04. The van der Waals surface area contributed by atoms with Gasteiger partial charge in [0.05, 0.1) is 13.7 Å². The first-order valence-corrected chi connectivity index (χ1v) is 7.24. The van der Waals surface area contributed by atoms with Crippen molar-refractivity contribution in [3.63, 3.8) is 0 Å².